The average Bonchev–Trinajstić information content (AvgIpc) is 2.81. The summed E-state index contributed by atoms with van der Waals surface area (Å²) in [6.45, 7) is 4.98. The Balaban J connectivity index is 2.10. The van der Waals surface area contributed by atoms with Gasteiger partial charge in [0.1, 0.15) is 5.82 Å². The fraction of sp³-hybridized carbons (Fsp3) is 0.357. The van der Waals surface area contributed by atoms with Crippen LogP contribution in [0.5, 0.6) is 0 Å². The van der Waals surface area contributed by atoms with Gasteiger partial charge in [0.2, 0.25) is 0 Å². The van der Waals surface area contributed by atoms with Gasteiger partial charge in [0.15, 0.2) is 11.7 Å². The largest absolute Gasteiger partial charge is 0.441 e. The van der Waals surface area contributed by atoms with Crippen molar-refractivity contribution >= 4 is 15.9 Å². The van der Waals surface area contributed by atoms with E-state index in [4.69, 9.17) is 4.42 Å². The maximum Gasteiger partial charge on any atom is 0.196 e. The molecule has 5 heteroatoms. The minimum atomic E-state index is -0.308. The smallest absolute Gasteiger partial charge is 0.196 e. The Morgan fingerprint density at radius 3 is 2.95 bits per heavy atom. The molecule has 0 bridgehead atoms. The standard InChI is InChI=1S/C14H16BrFN2O/c1-9(2)17-7-6-13-18-8-12(19-13)10-4-3-5-11(16)14(10)15/h3-5,8-9,17H,6-7H2,1-2H3. The Kier molecular flexibility index (Phi) is 4.71. The van der Waals surface area contributed by atoms with Gasteiger partial charge in [-0.2, -0.15) is 0 Å². The van der Waals surface area contributed by atoms with Crippen LogP contribution < -0.4 is 5.32 Å². The molecule has 0 unspecified atom stereocenters. The van der Waals surface area contributed by atoms with E-state index in [0.29, 0.717) is 34.1 Å². The van der Waals surface area contributed by atoms with Crippen molar-refractivity contribution in [1.82, 2.24) is 10.3 Å². The number of nitrogens with one attached hydrogen (secondary N) is 1. The molecule has 0 saturated carbocycles. The van der Waals surface area contributed by atoms with Crippen LogP contribution in [-0.2, 0) is 6.42 Å². The molecule has 1 N–H and O–H groups in total. The van der Waals surface area contributed by atoms with E-state index in [2.05, 4.69) is 40.1 Å². The molecule has 1 aromatic carbocycles. The highest BCUT2D eigenvalue weighted by molar-refractivity contribution is 9.10. The Hall–Kier alpha value is -1.20. The van der Waals surface area contributed by atoms with Gasteiger partial charge in [-0.15, -0.1) is 0 Å². The molecule has 0 atom stereocenters. The van der Waals surface area contributed by atoms with Crippen molar-refractivity contribution in [2.45, 2.75) is 26.3 Å². The molecule has 0 aliphatic rings. The second-order valence-electron chi connectivity index (χ2n) is 4.58. The Labute approximate surface area is 120 Å². The highest BCUT2D eigenvalue weighted by Gasteiger charge is 2.12. The molecule has 2 aromatic rings. The van der Waals surface area contributed by atoms with Gasteiger partial charge in [0, 0.05) is 24.6 Å². The summed E-state index contributed by atoms with van der Waals surface area (Å²) in [5.41, 5.74) is 0.676. The summed E-state index contributed by atoms with van der Waals surface area (Å²) in [4.78, 5) is 4.21. The predicted molar refractivity (Wildman–Crippen MR) is 76.4 cm³/mol. The highest BCUT2D eigenvalue weighted by atomic mass is 79.9. The molecule has 0 fully saturated rings. The number of benzene rings is 1. The molecule has 0 radical (unpaired) electrons. The zero-order chi connectivity index (χ0) is 13.8. The van der Waals surface area contributed by atoms with Crippen molar-refractivity contribution in [3.63, 3.8) is 0 Å². The fourth-order valence-corrected chi connectivity index (χ4v) is 2.17. The third kappa shape index (κ3) is 3.64. The van der Waals surface area contributed by atoms with Crippen molar-refractivity contribution in [1.29, 1.82) is 0 Å². The van der Waals surface area contributed by atoms with Crippen molar-refractivity contribution in [3.8, 4) is 11.3 Å². The van der Waals surface area contributed by atoms with Crippen LogP contribution in [-0.4, -0.2) is 17.6 Å². The number of hydrogen-bond donors (Lipinski definition) is 1. The van der Waals surface area contributed by atoms with Gasteiger partial charge in [-0.1, -0.05) is 19.9 Å². The van der Waals surface area contributed by atoms with Crippen molar-refractivity contribution < 1.29 is 8.81 Å². The number of aromatic nitrogens is 1. The third-order valence-corrected chi connectivity index (χ3v) is 3.47. The van der Waals surface area contributed by atoms with Crippen molar-refractivity contribution in [3.05, 3.63) is 40.6 Å². The molecule has 0 saturated heterocycles. The van der Waals surface area contributed by atoms with E-state index in [1.165, 1.54) is 6.07 Å². The summed E-state index contributed by atoms with van der Waals surface area (Å²) in [7, 11) is 0. The quantitative estimate of drug-likeness (QED) is 0.908. The SMILES string of the molecule is CC(C)NCCc1ncc(-c2cccc(F)c2Br)o1. The molecule has 19 heavy (non-hydrogen) atoms. The second-order valence-corrected chi connectivity index (χ2v) is 5.37. The first-order chi connectivity index (χ1) is 9.08. The van der Waals surface area contributed by atoms with E-state index in [1.807, 2.05) is 0 Å². The summed E-state index contributed by atoms with van der Waals surface area (Å²) in [6.07, 6.45) is 2.34. The number of halogens is 2. The van der Waals surface area contributed by atoms with Gasteiger partial charge in [-0.3, -0.25) is 0 Å². The zero-order valence-electron chi connectivity index (χ0n) is 10.9. The van der Waals surface area contributed by atoms with Crippen LogP contribution in [0.3, 0.4) is 0 Å². The summed E-state index contributed by atoms with van der Waals surface area (Å²) in [6, 6.07) is 5.28. The lowest BCUT2D eigenvalue weighted by Crippen LogP contribution is -2.24. The van der Waals surface area contributed by atoms with E-state index in [0.717, 1.165) is 6.54 Å². The molecule has 102 valence electrons. The first kappa shape index (κ1) is 14.2. The summed E-state index contributed by atoms with van der Waals surface area (Å²) >= 11 is 3.22. The number of nitrogens with zero attached hydrogens (tertiary/aromatic N) is 1. The predicted octanol–water partition coefficient (Wildman–Crippen LogP) is 3.78. The molecule has 2 rings (SSSR count). The van der Waals surface area contributed by atoms with E-state index in [1.54, 1.807) is 18.3 Å². The molecule has 0 aliphatic carbocycles. The Bertz CT molecular complexity index is 554. The first-order valence-electron chi connectivity index (χ1n) is 6.20. The maximum atomic E-state index is 13.4. The van der Waals surface area contributed by atoms with Crippen LogP contribution in [0.15, 0.2) is 33.3 Å². The van der Waals surface area contributed by atoms with Gasteiger partial charge in [0.05, 0.1) is 10.7 Å². The summed E-state index contributed by atoms with van der Waals surface area (Å²) < 4.78 is 19.5. The molecular weight excluding hydrogens is 311 g/mol. The van der Waals surface area contributed by atoms with Gasteiger partial charge in [-0.25, -0.2) is 9.37 Å². The molecule has 1 aromatic heterocycles. The Morgan fingerprint density at radius 2 is 2.21 bits per heavy atom. The molecule has 1 heterocycles. The fourth-order valence-electron chi connectivity index (χ4n) is 1.71. The lowest BCUT2D eigenvalue weighted by molar-refractivity contribution is 0.484. The lowest BCUT2D eigenvalue weighted by atomic mass is 10.2. The van der Waals surface area contributed by atoms with E-state index < -0.39 is 0 Å². The monoisotopic (exact) mass is 326 g/mol. The van der Waals surface area contributed by atoms with Gasteiger partial charge < -0.3 is 9.73 Å². The van der Waals surface area contributed by atoms with Gasteiger partial charge >= 0.3 is 0 Å². The van der Waals surface area contributed by atoms with E-state index in [-0.39, 0.29) is 5.82 Å². The number of hydrogen-bond acceptors (Lipinski definition) is 3. The summed E-state index contributed by atoms with van der Waals surface area (Å²) in [5.74, 6) is 0.919. The maximum absolute atomic E-state index is 13.4. The Morgan fingerprint density at radius 1 is 1.42 bits per heavy atom. The van der Waals surface area contributed by atoms with Crippen LogP contribution in [0.2, 0.25) is 0 Å². The molecule has 0 aliphatic heterocycles. The molecular formula is C14H16BrFN2O. The number of oxazole rings is 1. The summed E-state index contributed by atoms with van der Waals surface area (Å²) in [5, 5.41) is 3.29. The third-order valence-electron chi connectivity index (χ3n) is 2.66. The average molecular weight is 327 g/mol. The van der Waals surface area contributed by atoms with E-state index >= 15 is 0 Å². The normalized spacial score (nSPS) is 11.2. The van der Waals surface area contributed by atoms with Gasteiger partial charge in [-0.05, 0) is 28.1 Å². The first-order valence-corrected chi connectivity index (χ1v) is 6.99. The lowest BCUT2D eigenvalue weighted by Gasteiger charge is -2.05. The minimum Gasteiger partial charge on any atom is -0.441 e. The van der Waals surface area contributed by atoms with Crippen LogP contribution >= 0.6 is 15.9 Å². The second kappa shape index (κ2) is 6.30. The number of rotatable bonds is 5. The van der Waals surface area contributed by atoms with Crippen LogP contribution in [0.25, 0.3) is 11.3 Å². The highest BCUT2D eigenvalue weighted by Crippen LogP contribution is 2.30. The van der Waals surface area contributed by atoms with Gasteiger partial charge in [0.25, 0.3) is 0 Å². The molecule has 0 amide bonds. The molecule has 0 spiro atoms. The minimum absolute atomic E-state index is 0.308. The van der Waals surface area contributed by atoms with Crippen molar-refractivity contribution in [2.75, 3.05) is 6.54 Å². The van der Waals surface area contributed by atoms with Crippen molar-refractivity contribution in [2.24, 2.45) is 0 Å². The van der Waals surface area contributed by atoms with E-state index in [9.17, 15) is 4.39 Å². The topological polar surface area (TPSA) is 38.1 Å². The van der Waals surface area contributed by atoms with Crippen LogP contribution in [0.1, 0.15) is 19.7 Å². The van der Waals surface area contributed by atoms with Crippen LogP contribution in [0.4, 0.5) is 4.39 Å². The molecule has 3 nitrogen and oxygen atoms in total. The van der Waals surface area contributed by atoms with Crippen LogP contribution in [0, 0.1) is 5.82 Å². The zero-order valence-corrected chi connectivity index (χ0v) is 12.5.